The van der Waals surface area contributed by atoms with Gasteiger partial charge in [0.15, 0.2) is 0 Å². The van der Waals surface area contributed by atoms with E-state index in [1.165, 1.54) is 23.5 Å². The summed E-state index contributed by atoms with van der Waals surface area (Å²) in [6.07, 6.45) is 1.90. The van der Waals surface area contributed by atoms with Crippen LogP contribution in [0.25, 0.3) is 0 Å². The fourth-order valence-corrected chi connectivity index (χ4v) is 4.16. The van der Waals surface area contributed by atoms with Crippen molar-refractivity contribution in [3.63, 3.8) is 0 Å². The Balaban J connectivity index is 1.60. The van der Waals surface area contributed by atoms with Gasteiger partial charge in [-0.3, -0.25) is 9.10 Å². The van der Waals surface area contributed by atoms with Gasteiger partial charge in [0.25, 0.3) is 0 Å². The Morgan fingerprint density at radius 3 is 2.37 bits per heavy atom. The van der Waals surface area contributed by atoms with E-state index in [1.54, 1.807) is 36.4 Å². The Bertz CT molecular complexity index is 881. The van der Waals surface area contributed by atoms with Crippen molar-refractivity contribution < 1.29 is 17.6 Å². The molecule has 0 bridgehead atoms. The minimum atomic E-state index is -3.54. The summed E-state index contributed by atoms with van der Waals surface area (Å²) in [6.45, 7) is 0.0305. The molecule has 27 heavy (non-hydrogen) atoms. The molecule has 0 spiro atoms. The summed E-state index contributed by atoms with van der Waals surface area (Å²) < 4.78 is 39.3. The monoisotopic (exact) mass is 390 g/mol. The summed E-state index contributed by atoms with van der Waals surface area (Å²) in [4.78, 5) is 12.6. The SMILES string of the molecule is CN(c1ccccc1)S(=O)(=O)CCNC(=O)C(c1ccc(F)cc1)C1CC1. The van der Waals surface area contributed by atoms with Crippen LogP contribution in [-0.4, -0.2) is 33.7 Å². The number of nitrogens with one attached hydrogen (secondary N) is 1. The van der Waals surface area contributed by atoms with Crippen LogP contribution in [0.15, 0.2) is 54.6 Å². The van der Waals surface area contributed by atoms with Crippen molar-refractivity contribution in [2.75, 3.05) is 23.7 Å². The molecule has 144 valence electrons. The molecule has 2 aromatic rings. The predicted octanol–water partition coefficient (Wildman–Crippen LogP) is 2.90. The van der Waals surface area contributed by atoms with E-state index in [0.29, 0.717) is 5.69 Å². The summed E-state index contributed by atoms with van der Waals surface area (Å²) >= 11 is 0. The maximum atomic E-state index is 13.1. The molecule has 0 aliphatic heterocycles. The van der Waals surface area contributed by atoms with Crippen LogP contribution in [0.1, 0.15) is 24.3 Å². The third-order valence-electron chi connectivity index (χ3n) is 4.80. The van der Waals surface area contributed by atoms with Crippen molar-refractivity contribution in [3.8, 4) is 0 Å². The highest BCUT2D eigenvalue weighted by atomic mass is 32.2. The number of para-hydroxylation sites is 1. The third-order valence-corrected chi connectivity index (χ3v) is 6.57. The second-order valence-electron chi connectivity index (χ2n) is 6.78. The lowest BCUT2D eigenvalue weighted by Crippen LogP contribution is -2.37. The molecule has 1 amide bonds. The molecule has 1 saturated carbocycles. The minimum Gasteiger partial charge on any atom is -0.354 e. The molecule has 5 nitrogen and oxygen atoms in total. The van der Waals surface area contributed by atoms with Gasteiger partial charge in [-0.25, -0.2) is 12.8 Å². The number of halogens is 1. The fraction of sp³-hybridized carbons (Fsp3) is 0.350. The second kappa shape index (κ2) is 8.08. The Hall–Kier alpha value is -2.41. The number of carbonyl (C=O) groups is 1. The van der Waals surface area contributed by atoms with Gasteiger partial charge < -0.3 is 5.32 Å². The first-order chi connectivity index (χ1) is 12.9. The number of carbonyl (C=O) groups excluding carboxylic acids is 1. The summed E-state index contributed by atoms with van der Waals surface area (Å²) in [6, 6.07) is 14.7. The zero-order valence-electron chi connectivity index (χ0n) is 15.1. The normalized spacial score (nSPS) is 15.2. The van der Waals surface area contributed by atoms with Crippen LogP contribution in [0.5, 0.6) is 0 Å². The average Bonchev–Trinajstić information content (AvgIpc) is 3.48. The lowest BCUT2D eigenvalue weighted by Gasteiger charge is -2.20. The third kappa shape index (κ3) is 4.86. The van der Waals surface area contributed by atoms with Gasteiger partial charge >= 0.3 is 0 Å². The molecule has 3 rings (SSSR count). The maximum Gasteiger partial charge on any atom is 0.236 e. The summed E-state index contributed by atoms with van der Waals surface area (Å²) in [5.74, 6) is -0.866. The second-order valence-corrected chi connectivity index (χ2v) is 8.90. The number of rotatable bonds is 8. The van der Waals surface area contributed by atoms with Crippen molar-refractivity contribution in [2.24, 2.45) is 5.92 Å². The highest BCUT2D eigenvalue weighted by Gasteiger charge is 2.37. The highest BCUT2D eigenvalue weighted by Crippen LogP contribution is 2.42. The highest BCUT2D eigenvalue weighted by molar-refractivity contribution is 7.92. The zero-order chi connectivity index (χ0) is 19.4. The van der Waals surface area contributed by atoms with Gasteiger partial charge in [0.2, 0.25) is 15.9 Å². The molecule has 0 radical (unpaired) electrons. The Morgan fingerprint density at radius 2 is 1.78 bits per heavy atom. The zero-order valence-corrected chi connectivity index (χ0v) is 16.0. The van der Waals surface area contributed by atoms with Crippen LogP contribution in [-0.2, 0) is 14.8 Å². The molecule has 1 fully saturated rings. The number of sulfonamides is 1. The first kappa shape index (κ1) is 19.4. The van der Waals surface area contributed by atoms with Gasteiger partial charge in [0, 0.05) is 13.6 Å². The molecule has 1 aliphatic carbocycles. The first-order valence-electron chi connectivity index (χ1n) is 8.93. The van der Waals surface area contributed by atoms with E-state index in [0.717, 1.165) is 18.4 Å². The summed E-state index contributed by atoms with van der Waals surface area (Å²) in [5.41, 5.74) is 1.34. The molecule has 0 saturated heterocycles. The van der Waals surface area contributed by atoms with Gasteiger partial charge in [-0.05, 0) is 48.6 Å². The van der Waals surface area contributed by atoms with Crippen molar-refractivity contribution in [1.82, 2.24) is 5.32 Å². The number of benzene rings is 2. The molecular weight excluding hydrogens is 367 g/mol. The van der Waals surface area contributed by atoms with E-state index in [9.17, 15) is 17.6 Å². The number of anilines is 1. The number of nitrogens with zero attached hydrogens (tertiary/aromatic N) is 1. The molecule has 1 N–H and O–H groups in total. The van der Waals surface area contributed by atoms with Crippen LogP contribution in [0.3, 0.4) is 0 Å². The van der Waals surface area contributed by atoms with Crippen molar-refractivity contribution in [3.05, 3.63) is 66.0 Å². The number of hydrogen-bond donors (Lipinski definition) is 1. The van der Waals surface area contributed by atoms with E-state index < -0.39 is 10.0 Å². The van der Waals surface area contributed by atoms with Crippen molar-refractivity contribution in [2.45, 2.75) is 18.8 Å². The first-order valence-corrected chi connectivity index (χ1v) is 10.5. The van der Waals surface area contributed by atoms with E-state index in [-0.39, 0.29) is 35.9 Å². The Labute approximate surface area is 159 Å². The molecule has 1 unspecified atom stereocenters. The standard InChI is InChI=1S/C20H23FN2O3S/c1-23(18-5-3-2-4-6-18)27(25,26)14-13-22-20(24)19(15-7-8-15)16-9-11-17(21)12-10-16/h2-6,9-12,15,19H,7-8,13-14H2,1H3,(H,22,24). The average molecular weight is 390 g/mol. The van der Waals surface area contributed by atoms with E-state index in [2.05, 4.69) is 5.32 Å². The Morgan fingerprint density at radius 1 is 1.15 bits per heavy atom. The fourth-order valence-electron chi connectivity index (χ4n) is 3.09. The lowest BCUT2D eigenvalue weighted by molar-refractivity contribution is -0.122. The van der Waals surface area contributed by atoms with E-state index in [1.807, 2.05) is 6.07 Å². The quantitative estimate of drug-likeness (QED) is 0.754. The van der Waals surface area contributed by atoms with E-state index in [4.69, 9.17) is 0 Å². The van der Waals surface area contributed by atoms with Crippen LogP contribution in [0, 0.1) is 11.7 Å². The predicted molar refractivity (Wildman–Crippen MR) is 104 cm³/mol. The molecule has 0 aromatic heterocycles. The maximum absolute atomic E-state index is 13.1. The van der Waals surface area contributed by atoms with Crippen LogP contribution >= 0.6 is 0 Å². The molecule has 1 aliphatic rings. The van der Waals surface area contributed by atoms with Crippen molar-refractivity contribution >= 4 is 21.6 Å². The molecule has 1 atom stereocenters. The molecular formula is C20H23FN2O3S. The van der Waals surface area contributed by atoms with Gasteiger partial charge in [-0.1, -0.05) is 30.3 Å². The lowest BCUT2D eigenvalue weighted by atomic mass is 9.93. The van der Waals surface area contributed by atoms with E-state index >= 15 is 0 Å². The van der Waals surface area contributed by atoms with Crippen LogP contribution in [0.2, 0.25) is 0 Å². The van der Waals surface area contributed by atoms with Gasteiger partial charge in [-0.2, -0.15) is 0 Å². The smallest absolute Gasteiger partial charge is 0.236 e. The summed E-state index contributed by atoms with van der Waals surface area (Å²) in [7, 11) is -2.04. The minimum absolute atomic E-state index is 0.0305. The molecule has 7 heteroatoms. The largest absolute Gasteiger partial charge is 0.354 e. The molecule has 0 heterocycles. The van der Waals surface area contributed by atoms with Crippen molar-refractivity contribution in [1.29, 1.82) is 0 Å². The van der Waals surface area contributed by atoms with Crippen LogP contribution in [0.4, 0.5) is 10.1 Å². The van der Waals surface area contributed by atoms with Gasteiger partial charge in [0.05, 0.1) is 17.4 Å². The summed E-state index contributed by atoms with van der Waals surface area (Å²) in [5, 5.41) is 2.74. The molecule has 2 aromatic carbocycles. The van der Waals surface area contributed by atoms with Gasteiger partial charge in [0.1, 0.15) is 5.82 Å². The van der Waals surface area contributed by atoms with Crippen LogP contribution < -0.4 is 9.62 Å². The number of hydrogen-bond acceptors (Lipinski definition) is 3. The number of amides is 1. The topological polar surface area (TPSA) is 66.5 Å². The van der Waals surface area contributed by atoms with Gasteiger partial charge in [-0.15, -0.1) is 0 Å². The Kier molecular flexibility index (Phi) is 5.79.